The SMILES string of the molecule is CCc1ccc(N2CC(O)(c3ccc(Cl)cc3)[N+]3=C2CCCC3)cc1.[Br-]. The maximum Gasteiger partial charge on any atom is 0.271 e. The van der Waals surface area contributed by atoms with Crippen molar-refractivity contribution in [1.29, 1.82) is 0 Å². The van der Waals surface area contributed by atoms with E-state index < -0.39 is 5.72 Å². The van der Waals surface area contributed by atoms with Gasteiger partial charge in [0.1, 0.15) is 5.69 Å². The van der Waals surface area contributed by atoms with E-state index in [1.807, 2.05) is 24.3 Å². The van der Waals surface area contributed by atoms with Crippen molar-refractivity contribution < 1.29 is 26.7 Å². The van der Waals surface area contributed by atoms with Crippen molar-refractivity contribution in [3.63, 3.8) is 0 Å². The lowest BCUT2D eigenvalue weighted by Gasteiger charge is -2.24. The second-order valence-electron chi connectivity index (χ2n) is 6.95. The molecule has 3 nitrogen and oxygen atoms in total. The van der Waals surface area contributed by atoms with E-state index in [4.69, 9.17) is 11.6 Å². The number of hydrogen-bond donors (Lipinski definition) is 1. The van der Waals surface area contributed by atoms with E-state index in [1.165, 1.54) is 17.8 Å². The third-order valence-corrected chi connectivity index (χ3v) is 5.70. The van der Waals surface area contributed by atoms with Gasteiger partial charge in [0, 0.05) is 17.0 Å². The molecule has 0 spiro atoms. The van der Waals surface area contributed by atoms with Crippen LogP contribution in [0.15, 0.2) is 48.5 Å². The van der Waals surface area contributed by atoms with E-state index in [1.54, 1.807) is 0 Å². The van der Waals surface area contributed by atoms with Crippen LogP contribution in [0.5, 0.6) is 0 Å². The van der Waals surface area contributed by atoms with Gasteiger partial charge in [0.2, 0.25) is 0 Å². The lowest BCUT2D eigenvalue weighted by atomic mass is 10.0. The van der Waals surface area contributed by atoms with Crippen molar-refractivity contribution in [3.05, 3.63) is 64.7 Å². The number of halogens is 2. The Kier molecular flexibility index (Phi) is 5.75. The van der Waals surface area contributed by atoms with E-state index in [2.05, 4.69) is 40.7 Å². The van der Waals surface area contributed by atoms with Gasteiger partial charge in [0.05, 0.1) is 6.54 Å². The number of benzene rings is 2. The summed E-state index contributed by atoms with van der Waals surface area (Å²) in [4.78, 5) is 2.28. The van der Waals surface area contributed by atoms with E-state index in [0.717, 1.165) is 37.1 Å². The third-order valence-electron chi connectivity index (χ3n) is 5.44. The smallest absolute Gasteiger partial charge is 0.271 e. The van der Waals surface area contributed by atoms with Crippen LogP contribution in [0.3, 0.4) is 0 Å². The molecule has 2 aliphatic rings. The lowest BCUT2D eigenvalue weighted by molar-refractivity contribution is -0.661. The molecule has 0 saturated carbocycles. The minimum atomic E-state index is -0.996. The van der Waals surface area contributed by atoms with Crippen LogP contribution in [0.1, 0.15) is 37.3 Å². The molecule has 2 aliphatic heterocycles. The van der Waals surface area contributed by atoms with Crippen molar-refractivity contribution in [3.8, 4) is 0 Å². The predicted octanol–water partition coefficient (Wildman–Crippen LogP) is 1.17. The molecule has 138 valence electrons. The summed E-state index contributed by atoms with van der Waals surface area (Å²) in [5.74, 6) is 1.23. The molecular formula is C21H24BrClN2O. The van der Waals surface area contributed by atoms with Crippen LogP contribution in [-0.2, 0) is 12.1 Å². The number of β-amino-alcohol motifs (C(OH)–C–C–N with tert-alkyl or cyclic N) is 1. The monoisotopic (exact) mass is 434 g/mol. The number of anilines is 1. The fraction of sp³-hybridized carbons (Fsp3) is 0.381. The van der Waals surface area contributed by atoms with Gasteiger partial charge in [-0.3, -0.25) is 0 Å². The summed E-state index contributed by atoms with van der Waals surface area (Å²) in [6.45, 7) is 3.61. The van der Waals surface area contributed by atoms with Gasteiger partial charge in [0.25, 0.3) is 11.6 Å². The highest BCUT2D eigenvalue weighted by atomic mass is 79.9. The van der Waals surface area contributed by atoms with Crippen molar-refractivity contribution >= 4 is 23.1 Å². The Labute approximate surface area is 170 Å². The summed E-state index contributed by atoms with van der Waals surface area (Å²) in [5, 5.41) is 12.3. The van der Waals surface area contributed by atoms with E-state index in [0.29, 0.717) is 11.6 Å². The summed E-state index contributed by atoms with van der Waals surface area (Å²) in [6.07, 6.45) is 4.33. The fourth-order valence-electron chi connectivity index (χ4n) is 4.01. The summed E-state index contributed by atoms with van der Waals surface area (Å²) < 4.78 is 2.19. The molecule has 5 heteroatoms. The Bertz CT molecular complexity index is 804. The molecule has 0 aliphatic carbocycles. The molecular weight excluding hydrogens is 412 g/mol. The van der Waals surface area contributed by atoms with Crippen LogP contribution in [0.25, 0.3) is 0 Å². The zero-order chi connectivity index (χ0) is 17.4. The second kappa shape index (κ2) is 7.71. The number of nitrogens with zero attached hydrogens (tertiary/aromatic N) is 2. The number of rotatable bonds is 3. The number of hydrogen-bond acceptors (Lipinski definition) is 2. The molecule has 2 aromatic carbocycles. The zero-order valence-corrected chi connectivity index (χ0v) is 17.3. The Morgan fingerprint density at radius 2 is 1.77 bits per heavy atom. The first kappa shape index (κ1) is 19.4. The van der Waals surface area contributed by atoms with Crippen LogP contribution in [0.4, 0.5) is 5.69 Å². The topological polar surface area (TPSA) is 26.5 Å². The molecule has 1 atom stereocenters. The van der Waals surface area contributed by atoms with Gasteiger partial charge in [-0.2, -0.15) is 0 Å². The third kappa shape index (κ3) is 3.30. The Morgan fingerprint density at radius 1 is 1.08 bits per heavy atom. The molecule has 2 heterocycles. The maximum absolute atomic E-state index is 11.6. The van der Waals surface area contributed by atoms with E-state index >= 15 is 0 Å². The van der Waals surface area contributed by atoms with E-state index in [9.17, 15) is 5.11 Å². The van der Waals surface area contributed by atoms with Crippen LogP contribution in [-0.4, -0.2) is 28.6 Å². The van der Waals surface area contributed by atoms with Crippen molar-refractivity contribution in [2.75, 3.05) is 18.0 Å². The first-order chi connectivity index (χ1) is 12.1. The Balaban J connectivity index is 0.00000196. The van der Waals surface area contributed by atoms with Gasteiger partial charge in [-0.05, 0) is 49.1 Å². The van der Waals surface area contributed by atoms with E-state index in [-0.39, 0.29) is 17.0 Å². The molecule has 0 fully saturated rings. The maximum atomic E-state index is 11.6. The molecule has 1 unspecified atom stereocenters. The van der Waals surface area contributed by atoms with Crippen molar-refractivity contribution in [2.24, 2.45) is 0 Å². The zero-order valence-electron chi connectivity index (χ0n) is 15.0. The minimum Gasteiger partial charge on any atom is -1.00 e. The fourth-order valence-corrected chi connectivity index (χ4v) is 4.14. The first-order valence-electron chi connectivity index (χ1n) is 9.10. The average Bonchev–Trinajstić information content (AvgIpc) is 2.97. The lowest BCUT2D eigenvalue weighted by Crippen LogP contribution is -3.00. The van der Waals surface area contributed by atoms with Crippen molar-refractivity contribution in [2.45, 2.75) is 38.3 Å². The molecule has 0 aromatic heterocycles. The van der Waals surface area contributed by atoms with Crippen LogP contribution < -0.4 is 21.9 Å². The number of aliphatic hydroxyl groups is 1. The number of aryl methyl sites for hydroxylation is 1. The molecule has 0 radical (unpaired) electrons. The van der Waals surface area contributed by atoms with Gasteiger partial charge < -0.3 is 22.1 Å². The molecule has 1 N–H and O–H groups in total. The molecule has 0 amide bonds. The highest BCUT2D eigenvalue weighted by Crippen LogP contribution is 2.36. The Morgan fingerprint density at radius 3 is 2.42 bits per heavy atom. The van der Waals surface area contributed by atoms with Gasteiger partial charge in [-0.1, -0.05) is 42.8 Å². The van der Waals surface area contributed by atoms with Crippen molar-refractivity contribution in [1.82, 2.24) is 0 Å². The molecule has 26 heavy (non-hydrogen) atoms. The van der Waals surface area contributed by atoms with Crippen LogP contribution >= 0.6 is 11.6 Å². The second-order valence-corrected chi connectivity index (χ2v) is 7.39. The summed E-state index contributed by atoms with van der Waals surface area (Å²) in [5.41, 5.74) is 2.40. The minimum absolute atomic E-state index is 0. The largest absolute Gasteiger partial charge is 1.00 e. The number of amidine groups is 1. The van der Waals surface area contributed by atoms with Gasteiger partial charge in [0.15, 0.2) is 6.54 Å². The molecule has 0 saturated heterocycles. The van der Waals surface area contributed by atoms with Crippen LogP contribution in [0, 0.1) is 0 Å². The highest BCUT2D eigenvalue weighted by Gasteiger charge is 2.52. The highest BCUT2D eigenvalue weighted by molar-refractivity contribution is 6.30. The quantitative estimate of drug-likeness (QED) is 0.733. The standard InChI is InChI=1S/C21H24ClN2O.BrH/c1-2-16-6-12-19(13-7-16)23-15-21(25,17-8-10-18(22)11-9-17)24-14-4-3-5-20(23)24;/h6-13,25H,2-5,14-15H2,1H3;1H/q+1;/p-1. The predicted molar refractivity (Wildman–Crippen MR) is 103 cm³/mol. The normalized spacial score (nSPS) is 22.2. The first-order valence-corrected chi connectivity index (χ1v) is 9.48. The molecule has 4 rings (SSSR count). The van der Waals surface area contributed by atoms with Gasteiger partial charge in [-0.25, -0.2) is 9.48 Å². The van der Waals surface area contributed by atoms with Gasteiger partial charge in [-0.15, -0.1) is 0 Å². The Hall–Kier alpha value is -1.36. The molecule has 0 bridgehead atoms. The average molecular weight is 436 g/mol. The summed E-state index contributed by atoms with van der Waals surface area (Å²) in [7, 11) is 0. The van der Waals surface area contributed by atoms with Crippen LogP contribution in [0.2, 0.25) is 5.02 Å². The molecule has 2 aromatic rings. The summed E-state index contributed by atoms with van der Waals surface area (Å²) in [6, 6.07) is 16.3. The summed E-state index contributed by atoms with van der Waals surface area (Å²) >= 11 is 6.04. The van der Waals surface area contributed by atoms with Gasteiger partial charge >= 0.3 is 0 Å².